The third-order valence-electron chi connectivity index (χ3n) is 10.6. The van der Waals surface area contributed by atoms with E-state index >= 15 is 0 Å². The Morgan fingerprint density at radius 3 is 1.53 bits per heavy atom. The predicted molar refractivity (Wildman–Crippen MR) is 216 cm³/mol. The fourth-order valence-electron chi connectivity index (χ4n) is 8.30. The molecular weight excluding hydrogens is 643 g/mol. The Morgan fingerprint density at radius 1 is 0.321 bits per heavy atom. The van der Waals surface area contributed by atoms with E-state index in [1.54, 1.807) is 0 Å². The number of fused-ring (bicyclic) bond motifs is 4. The van der Waals surface area contributed by atoms with Crippen LogP contribution < -0.4 is 0 Å². The second kappa shape index (κ2) is 12.7. The average molecular weight is 676 g/mol. The van der Waals surface area contributed by atoms with E-state index in [1.807, 2.05) is 48.8 Å². The summed E-state index contributed by atoms with van der Waals surface area (Å²) in [6.45, 7) is 0. The van der Waals surface area contributed by atoms with Crippen molar-refractivity contribution in [3.63, 3.8) is 0 Å². The van der Waals surface area contributed by atoms with Gasteiger partial charge in [0.1, 0.15) is 0 Å². The molecule has 10 rings (SSSR count). The molecule has 1 aliphatic rings. The number of benzene rings is 6. The van der Waals surface area contributed by atoms with Crippen LogP contribution in [0.5, 0.6) is 0 Å². The Labute approximate surface area is 309 Å². The maximum absolute atomic E-state index is 5.13. The highest BCUT2D eigenvalue weighted by Gasteiger charge is 2.46. The largest absolute Gasteiger partial charge is 0.255 e. The molecule has 0 unspecified atom stereocenters. The van der Waals surface area contributed by atoms with Crippen LogP contribution in [0, 0.1) is 0 Å². The van der Waals surface area contributed by atoms with Gasteiger partial charge in [0.15, 0.2) is 0 Å². The molecule has 0 spiro atoms. The second-order valence-corrected chi connectivity index (χ2v) is 13.6. The molecule has 248 valence electrons. The number of nitrogens with zero attached hydrogens (tertiary/aromatic N) is 3. The van der Waals surface area contributed by atoms with Crippen LogP contribution in [-0.2, 0) is 5.41 Å². The molecule has 0 atom stereocenters. The van der Waals surface area contributed by atoms with Crippen LogP contribution in [0.2, 0.25) is 0 Å². The third kappa shape index (κ3) is 5.09. The topological polar surface area (TPSA) is 38.7 Å². The first-order valence-corrected chi connectivity index (χ1v) is 18.0. The third-order valence-corrected chi connectivity index (χ3v) is 10.6. The van der Waals surface area contributed by atoms with Crippen LogP contribution >= 0.6 is 0 Å². The molecule has 0 N–H and O–H groups in total. The van der Waals surface area contributed by atoms with Crippen molar-refractivity contribution in [2.75, 3.05) is 0 Å². The van der Waals surface area contributed by atoms with E-state index in [1.165, 1.54) is 44.2 Å². The standard InChI is InChI=1S/C50H33N3/c1-3-17-38(18-4-1)50(39-19-5-2-6-20-39)44-22-10-9-21-40(44)43-32-41(42(33-45(43)50)36-26-25-34-15-7-8-16-35(34)29-36)37-30-48(46-23-11-13-27-51-46)53-49(31-37)47-24-12-14-28-52-47/h1-33H. The van der Waals surface area contributed by atoms with Crippen LogP contribution in [0.1, 0.15) is 22.3 Å². The molecule has 0 saturated heterocycles. The minimum absolute atomic E-state index is 0.519. The molecule has 0 saturated carbocycles. The van der Waals surface area contributed by atoms with E-state index in [4.69, 9.17) is 15.0 Å². The van der Waals surface area contributed by atoms with Crippen molar-refractivity contribution in [2.24, 2.45) is 0 Å². The number of hydrogen-bond acceptors (Lipinski definition) is 3. The Hall–Kier alpha value is -6.97. The molecule has 9 aromatic rings. The first-order chi connectivity index (χ1) is 26.3. The normalized spacial score (nSPS) is 12.7. The highest BCUT2D eigenvalue weighted by molar-refractivity contribution is 5.97. The summed E-state index contributed by atoms with van der Waals surface area (Å²) in [5.74, 6) is 0. The fraction of sp³-hybridized carbons (Fsp3) is 0.0200. The summed E-state index contributed by atoms with van der Waals surface area (Å²) in [6, 6.07) is 67.5. The molecule has 3 nitrogen and oxygen atoms in total. The summed E-state index contributed by atoms with van der Waals surface area (Å²) >= 11 is 0. The van der Waals surface area contributed by atoms with Crippen molar-refractivity contribution < 1.29 is 0 Å². The van der Waals surface area contributed by atoms with Crippen molar-refractivity contribution in [1.29, 1.82) is 0 Å². The first kappa shape index (κ1) is 30.8. The lowest BCUT2D eigenvalue weighted by molar-refractivity contribution is 0.769. The Kier molecular flexibility index (Phi) is 7.36. The number of rotatable bonds is 6. The maximum atomic E-state index is 5.13. The lowest BCUT2D eigenvalue weighted by atomic mass is 9.67. The van der Waals surface area contributed by atoms with Gasteiger partial charge in [-0.1, -0.05) is 133 Å². The van der Waals surface area contributed by atoms with Crippen LogP contribution in [0.4, 0.5) is 0 Å². The van der Waals surface area contributed by atoms with Crippen molar-refractivity contribution >= 4 is 10.8 Å². The van der Waals surface area contributed by atoms with Crippen LogP contribution in [0.25, 0.3) is 66.9 Å². The van der Waals surface area contributed by atoms with Gasteiger partial charge in [0, 0.05) is 12.4 Å². The van der Waals surface area contributed by atoms with Crippen molar-refractivity contribution in [2.45, 2.75) is 5.41 Å². The summed E-state index contributed by atoms with van der Waals surface area (Å²) in [5, 5.41) is 2.42. The minimum atomic E-state index is -0.519. The summed E-state index contributed by atoms with van der Waals surface area (Å²) in [6.07, 6.45) is 3.65. The van der Waals surface area contributed by atoms with Crippen LogP contribution in [0.15, 0.2) is 200 Å². The quantitative estimate of drug-likeness (QED) is 0.176. The Morgan fingerprint density at radius 2 is 0.887 bits per heavy atom. The molecule has 0 aliphatic heterocycles. The molecule has 0 amide bonds. The van der Waals surface area contributed by atoms with Crippen LogP contribution in [-0.4, -0.2) is 15.0 Å². The zero-order valence-corrected chi connectivity index (χ0v) is 28.9. The Balaban J connectivity index is 1.33. The van der Waals surface area contributed by atoms with E-state index in [2.05, 4.69) is 152 Å². The lowest BCUT2D eigenvalue weighted by Crippen LogP contribution is -2.28. The van der Waals surface area contributed by atoms with Gasteiger partial charge in [0.2, 0.25) is 0 Å². The maximum Gasteiger partial charge on any atom is 0.0900 e. The number of hydrogen-bond donors (Lipinski definition) is 0. The van der Waals surface area contributed by atoms with E-state index in [9.17, 15) is 0 Å². The Bertz CT molecular complexity index is 2660. The highest BCUT2D eigenvalue weighted by atomic mass is 14.8. The smallest absolute Gasteiger partial charge is 0.0900 e. The molecule has 3 heterocycles. The molecule has 6 aromatic carbocycles. The predicted octanol–water partition coefficient (Wildman–Crippen LogP) is 12.1. The molecule has 0 radical (unpaired) electrons. The monoisotopic (exact) mass is 675 g/mol. The summed E-state index contributed by atoms with van der Waals surface area (Å²) < 4.78 is 0. The van der Waals surface area contributed by atoms with Gasteiger partial charge < -0.3 is 0 Å². The van der Waals surface area contributed by atoms with Crippen molar-refractivity contribution in [3.05, 3.63) is 223 Å². The summed E-state index contributed by atoms with van der Waals surface area (Å²) in [7, 11) is 0. The van der Waals surface area contributed by atoms with Gasteiger partial charge in [-0.2, -0.15) is 0 Å². The van der Waals surface area contributed by atoms with Crippen molar-refractivity contribution in [1.82, 2.24) is 15.0 Å². The molecule has 3 heteroatoms. The molecule has 3 aromatic heterocycles. The molecule has 1 aliphatic carbocycles. The molecule has 0 fully saturated rings. The van der Waals surface area contributed by atoms with Gasteiger partial charge >= 0.3 is 0 Å². The van der Waals surface area contributed by atoms with Gasteiger partial charge in [-0.05, 0) is 121 Å². The molecule has 53 heavy (non-hydrogen) atoms. The lowest BCUT2D eigenvalue weighted by Gasteiger charge is -2.34. The molecule has 0 bridgehead atoms. The van der Waals surface area contributed by atoms with Crippen molar-refractivity contribution in [3.8, 4) is 56.2 Å². The average Bonchev–Trinajstić information content (AvgIpc) is 3.54. The van der Waals surface area contributed by atoms with Gasteiger partial charge in [-0.15, -0.1) is 0 Å². The van der Waals surface area contributed by atoms with E-state index in [-0.39, 0.29) is 0 Å². The van der Waals surface area contributed by atoms with Gasteiger partial charge in [0.25, 0.3) is 0 Å². The van der Waals surface area contributed by atoms with Gasteiger partial charge in [-0.25, -0.2) is 4.98 Å². The summed E-state index contributed by atoms with van der Waals surface area (Å²) in [4.78, 5) is 14.6. The molecular formula is C50H33N3. The van der Waals surface area contributed by atoms with E-state index in [0.29, 0.717) is 0 Å². The summed E-state index contributed by atoms with van der Waals surface area (Å²) in [5.41, 5.74) is 14.7. The fourth-order valence-corrected chi connectivity index (χ4v) is 8.30. The zero-order chi connectivity index (χ0) is 35.2. The van der Waals surface area contributed by atoms with E-state index in [0.717, 1.165) is 45.0 Å². The first-order valence-electron chi connectivity index (χ1n) is 18.0. The zero-order valence-electron chi connectivity index (χ0n) is 28.9. The van der Waals surface area contributed by atoms with Gasteiger partial charge in [0.05, 0.1) is 28.2 Å². The highest BCUT2D eigenvalue weighted by Crippen LogP contribution is 2.58. The van der Waals surface area contributed by atoms with Crippen LogP contribution in [0.3, 0.4) is 0 Å². The van der Waals surface area contributed by atoms with E-state index < -0.39 is 5.41 Å². The minimum Gasteiger partial charge on any atom is -0.255 e. The SMILES string of the molecule is c1ccc(C2(c3ccccc3)c3ccccc3-c3cc(-c4cc(-c5ccccn5)nc(-c5ccccn5)c4)c(-c4ccc5ccccc5c4)cc32)cc1. The second-order valence-electron chi connectivity index (χ2n) is 13.6. The number of aromatic nitrogens is 3. The van der Waals surface area contributed by atoms with Gasteiger partial charge in [-0.3, -0.25) is 9.97 Å². The number of pyridine rings is 3.